The predicted molar refractivity (Wildman–Crippen MR) is 43.1 cm³/mol. The van der Waals surface area contributed by atoms with Gasteiger partial charge in [0.05, 0.1) is 12.4 Å². The molecule has 0 fully saturated rings. The molecular formula is C9H14O2. The van der Waals surface area contributed by atoms with Crippen LogP contribution in [0.4, 0.5) is 0 Å². The van der Waals surface area contributed by atoms with Crippen LogP contribution in [-0.2, 0) is 9.53 Å². The van der Waals surface area contributed by atoms with Crippen LogP contribution in [0.5, 0.6) is 0 Å². The number of ketones is 1. The zero-order chi connectivity index (χ0) is 8.27. The first-order chi connectivity index (χ1) is 5.22. The molecule has 0 spiro atoms. The molecule has 1 aliphatic rings. The number of carbonyl (C=O) groups is 1. The summed E-state index contributed by atoms with van der Waals surface area (Å²) in [4.78, 5) is 11.0. The van der Waals surface area contributed by atoms with Crippen LogP contribution in [0.25, 0.3) is 0 Å². The highest BCUT2D eigenvalue weighted by Gasteiger charge is 2.16. The Kier molecular flexibility index (Phi) is 2.69. The summed E-state index contributed by atoms with van der Waals surface area (Å²) in [5, 5.41) is 0. The fraction of sp³-hybridized carbons (Fsp3) is 0.667. The van der Waals surface area contributed by atoms with Gasteiger partial charge in [-0.25, -0.2) is 0 Å². The summed E-state index contributed by atoms with van der Waals surface area (Å²) in [6.45, 7) is 4.67. The third-order valence-corrected chi connectivity index (χ3v) is 1.75. The van der Waals surface area contributed by atoms with Crippen molar-refractivity contribution in [1.82, 2.24) is 0 Å². The van der Waals surface area contributed by atoms with Gasteiger partial charge in [0.1, 0.15) is 0 Å². The summed E-state index contributed by atoms with van der Waals surface area (Å²) in [5.74, 6) is 1.51. The molecule has 0 aromatic carbocycles. The van der Waals surface area contributed by atoms with E-state index in [2.05, 4.69) is 6.92 Å². The van der Waals surface area contributed by atoms with E-state index in [1.54, 1.807) is 6.08 Å². The molecule has 0 radical (unpaired) electrons. The van der Waals surface area contributed by atoms with Crippen LogP contribution in [0.2, 0.25) is 0 Å². The van der Waals surface area contributed by atoms with E-state index in [9.17, 15) is 4.79 Å². The summed E-state index contributed by atoms with van der Waals surface area (Å²) in [6, 6.07) is 0. The van der Waals surface area contributed by atoms with Crippen LogP contribution < -0.4 is 0 Å². The van der Waals surface area contributed by atoms with Crippen molar-refractivity contribution in [1.29, 1.82) is 0 Å². The molecule has 0 heterocycles. The Hall–Kier alpha value is -0.790. The Morgan fingerprint density at radius 1 is 1.64 bits per heavy atom. The first-order valence-corrected chi connectivity index (χ1v) is 4.08. The Bertz CT molecular complexity index is 182. The van der Waals surface area contributed by atoms with Crippen LogP contribution in [0.1, 0.15) is 26.7 Å². The highest BCUT2D eigenvalue weighted by molar-refractivity contribution is 5.91. The maximum atomic E-state index is 11.0. The normalized spacial score (nSPS) is 24.7. The van der Waals surface area contributed by atoms with Gasteiger partial charge in [-0.2, -0.15) is 0 Å². The van der Waals surface area contributed by atoms with Crippen LogP contribution in [-0.4, -0.2) is 12.4 Å². The van der Waals surface area contributed by atoms with E-state index in [1.807, 2.05) is 6.92 Å². The molecule has 2 nitrogen and oxygen atoms in total. The van der Waals surface area contributed by atoms with Crippen molar-refractivity contribution in [2.75, 3.05) is 6.61 Å². The maximum absolute atomic E-state index is 11.0. The van der Waals surface area contributed by atoms with Gasteiger partial charge in [-0.15, -0.1) is 0 Å². The molecule has 2 heteroatoms. The Morgan fingerprint density at radius 3 is 2.91 bits per heavy atom. The molecule has 1 unspecified atom stereocenters. The van der Waals surface area contributed by atoms with Gasteiger partial charge in [-0.1, -0.05) is 6.92 Å². The van der Waals surface area contributed by atoms with Crippen molar-refractivity contribution in [3.63, 3.8) is 0 Å². The summed E-state index contributed by atoms with van der Waals surface area (Å²) in [7, 11) is 0. The Labute approximate surface area is 67.2 Å². The molecule has 62 valence electrons. The molecule has 0 saturated heterocycles. The number of allylic oxidation sites excluding steroid dienone is 2. The lowest BCUT2D eigenvalue weighted by atomic mass is 9.94. The van der Waals surface area contributed by atoms with E-state index < -0.39 is 0 Å². The molecule has 1 aliphatic carbocycles. The fourth-order valence-corrected chi connectivity index (χ4v) is 1.34. The number of hydrogen-bond acceptors (Lipinski definition) is 2. The second-order valence-corrected chi connectivity index (χ2v) is 3.02. The van der Waals surface area contributed by atoms with Crippen molar-refractivity contribution in [2.24, 2.45) is 5.92 Å². The molecule has 0 saturated carbocycles. The molecule has 0 aromatic rings. The molecule has 0 amide bonds. The number of ether oxygens (including phenoxy) is 1. The lowest BCUT2D eigenvalue weighted by molar-refractivity contribution is -0.116. The minimum absolute atomic E-state index is 0.201. The van der Waals surface area contributed by atoms with E-state index in [4.69, 9.17) is 4.74 Å². The van der Waals surface area contributed by atoms with Gasteiger partial charge in [-0.05, 0) is 12.8 Å². The van der Waals surface area contributed by atoms with Gasteiger partial charge < -0.3 is 4.74 Å². The van der Waals surface area contributed by atoms with Crippen molar-refractivity contribution < 1.29 is 9.53 Å². The van der Waals surface area contributed by atoms with Gasteiger partial charge in [0.2, 0.25) is 0 Å². The first kappa shape index (κ1) is 8.31. The summed E-state index contributed by atoms with van der Waals surface area (Å²) < 4.78 is 5.26. The van der Waals surface area contributed by atoms with Crippen LogP contribution in [0.15, 0.2) is 11.8 Å². The Morgan fingerprint density at radius 2 is 2.36 bits per heavy atom. The topological polar surface area (TPSA) is 26.3 Å². The second kappa shape index (κ2) is 3.56. The molecule has 0 aromatic heterocycles. The second-order valence-electron chi connectivity index (χ2n) is 3.02. The zero-order valence-corrected chi connectivity index (χ0v) is 7.09. The monoisotopic (exact) mass is 154 g/mol. The van der Waals surface area contributed by atoms with E-state index in [0.717, 1.165) is 12.2 Å². The molecule has 0 N–H and O–H groups in total. The lowest BCUT2D eigenvalue weighted by Crippen LogP contribution is -2.12. The summed E-state index contributed by atoms with van der Waals surface area (Å²) in [6.07, 6.45) is 3.22. The van der Waals surface area contributed by atoms with Crippen molar-refractivity contribution in [3.05, 3.63) is 11.8 Å². The average molecular weight is 154 g/mol. The number of rotatable bonds is 2. The van der Waals surface area contributed by atoms with Gasteiger partial charge in [0.15, 0.2) is 5.78 Å². The average Bonchev–Trinajstić information content (AvgIpc) is 1.85. The first-order valence-electron chi connectivity index (χ1n) is 4.08. The Balaban J connectivity index is 2.57. The fourth-order valence-electron chi connectivity index (χ4n) is 1.34. The van der Waals surface area contributed by atoms with Gasteiger partial charge >= 0.3 is 0 Å². The molecule has 0 bridgehead atoms. The quantitative estimate of drug-likeness (QED) is 0.607. The summed E-state index contributed by atoms with van der Waals surface area (Å²) in [5.41, 5.74) is 0. The largest absolute Gasteiger partial charge is 0.498 e. The summed E-state index contributed by atoms with van der Waals surface area (Å²) >= 11 is 0. The van der Waals surface area contributed by atoms with Crippen molar-refractivity contribution >= 4 is 5.78 Å². The minimum Gasteiger partial charge on any atom is -0.498 e. The lowest BCUT2D eigenvalue weighted by Gasteiger charge is -2.17. The predicted octanol–water partition coefficient (Wildman–Crippen LogP) is 1.91. The van der Waals surface area contributed by atoms with E-state index in [0.29, 0.717) is 18.9 Å². The maximum Gasteiger partial charge on any atom is 0.159 e. The SMILES string of the molecule is CCOC1=CC(=O)CC(C)C1. The molecule has 1 atom stereocenters. The van der Waals surface area contributed by atoms with Gasteiger partial charge in [0.25, 0.3) is 0 Å². The van der Waals surface area contributed by atoms with E-state index >= 15 is 0 Å². The van der Waals surface area contributed by atoms with Crippen LogP contribution in [0, 0.1) is 5.92 Å². The molecule has 11 heavy (non-hydrogen) atoms. The highest BCUT2D eigenvalue weighted by atomic mass is 16.5. The van der Waals surface area contributed by atoms with Gasteiger partial charge in [-0.3, -0.25) is 4.79 Å². The van der Waals surface area contributed by atoms with Crippen molar-refractivity contribution in [2.45, 2.75) is 26.7 Å². The van der Waals surface area contributed by atoms with Crippen LogP contribution in [0.3, 0.4) is 0 Å². The molecule has 0 aliphatic heterocycles. The number of carbonyl (C=O) groups excluding carboxylic acids is 1. The number of hydrogen-bond donors (Lipinski definition) is 0. The highest BCUT2D eigenvalue weighted by Crippen LogP contribution is 2.21. The van der Waals surface area contributed by atoms with Gasteiger partial charge in [0, 0.05) is 18.9 Å². The molecule has 1 rings (SSSR count). The minimum atomic E-state index is 0.201. The van der Waals surface area contributed by atoms with Crippen LogP contribution >= 0.6 is 0 Å². The van der Waals surface area contributed by atoms with Crippen molar-refractivity contribution in [3.8, 4) is 0 Å². The zero-order valence-electron chi connectivity index (χ0n) is 7.09. The molecular weight excluding hydrogens is 140 g/mol. The smallest absolute Gasteiger partial charge is 0.159 e. The third-order valence-electron chi connectivity index (χ3n) is 1.75. The third kappa shape index (κ3) is 2.37. The van der Waals surface area contributed by atoms with E-state index in [-0.39, 0.29) is 5.78 Å². The standard InChI is InChI=1S/C9H14O2/c1-3-11-9-5-7(2)4-8(10)6-9/h6-7H,3-5H2,1-2H3. The van der Waals surface area contributed by atoms with E-state index in [1.165, 1.54) is 0 Å².